The van der Waals surface area contributed by atoms with Crippen molar-refractivity contribution in [1.82, 2.24) is 4.90 Å². The lowest BCUT2D eigenvalue weighted by atomic mass is 10.1. The molecule has 0 aliphatic carbocycles. The van der Waals surface area contributed by atoms with Gasteiger partial charge in [-0.15, -0.1) is 0 Å². The minimum Gasteiger partial charge on any atom is -0.492 e. The Hall–Kier alpha value is -3.41. The third-order valence-electron chi connectivity index (χ3n) is 5.46. The second kappa shape index (κ2) is 15.1. The molecule has 210 valence electrons. The summed E-state index contributed by atoms with van der Waals surface area (Å²) in [5.74, 6) is -2.81. The molecule has 0 fully saturated rings. The van der Waals surface area contributed by atoms with Crippen LogP contribution in [0.1, 0.15) is 38.2 Å². The predicted octanol–water partition coefficient (Wildman–Crippen LogP) is 6.03. The fourth-order valence-electron chi connectivity index (χ4n) is 3.52. The zero-order valence-corrected chi connectivity index (χ0v) is 20.9. The number of halogens is 5. The van der Waals surface area contributed by atoms with Crippen molar-refractivity contribution in [3.63, 3.8) is 0 Å². The molecule has 12 heteroatoms. The van der Waals surface area contributed by atoms with Gasteiger partial charge in [0.15, 0.2) is 17.7 Å². The molecule has 0 saturated heterocycles. The van der Waals surface area contributed by atoms with Gasteiger partial charge in [-0.05, 0) is 49.6 Å². The second-order valence-electron chi connectivity index (χ2n) is 8.45. The first-order chi connectivity index (χ1) is 18.0. The van der Waals surface area contributed by atoms with E-state index in [0.717, 1.165) is 17.7 Å². The monoisotopic (exact) mass is 546 g/mol. The topological polar surface area (TPSA) is 88.1 Å². The highest BCUT2D eigenvalue weighted by molar-refractivity contribution is 5.89. The van der Waals surface area contributed by atoms with Crippen LogP contribution in [0.3, 0.4) is 0 Å². The van der Waals surface area contributed by atoms with E-state index in [1.807, 2.05) is 0 Å². The third-order valence-corrected chi connectivity index (χ3v) is 5.46. The Morgan fingerprint density at radius 1 is 1.00 bits per heavy atom. The number of aliphatic carboxylic acids is 1. The van der Waals surface area contributed by atoms with Crippen LogP contribution in [0.25, 0.3) is 0 Å². The van der Waals surface area contributed by atoms with Crippen molar-refractivity contribution >= 4 is 17.7 Å². The third kappa shape index (κ3) is 11.3. The van der Waals surface area contributed by atoms with Gasteiger partial charge in [0.1, 0.15) is 12.4 Å². The van der Waals surface area contributed by atoms with Gasteiger partial charge in [-0.2, -0.15) is 13.2 Å². The average Bonchev–Trinajstić information content (AvgIpc) is 2.85. The Labute approximate surface area is 217 Å². The van der Waals surface area contributed by atoms with E-state index < -0.39 is 42.3 Å². The summed E-state index contributed by atoms with van der Waals surface area (Å²) in [5.41, 5.74) is 0.754. The number of carboxylic acid groups (broad SMARTS) is 1. The van der Waals surface area contributed by atoms with E-state index in [0.29, 0.717) is 12.2 Å². The Morgan fingerprint density at radius 3 is 2.32 bits per heavy atom. The van der Waals surface area contributed by atoms with E-state index >= 15 is 0 Å². The van der Waals surface area contributed by atoms with Gasteiger partial charge in [0, 0.05) is 37.7 Å². The van der Waals surface area contributed by atoms with E-state index in [1.54, 1.807) is 31.2 Å². The summed E-state index contributed by atoms with van der Waals surface area (Å²) in [4.78, 5) is 25.3. The number of hydrogen-bond donors (Lipinski definition) is 2. The summed E-state index contributed by atoms with van der Waals surface area (Å²) in [6.07, 6.45) is -5.47. The van der Waals surface area contributed by atoms with Gasteiger partial charge in [0.05, 0.1) is 6.54 Å². The Bertz CT molecular complexity index is 1030. The Morgan fingerprint density at radius 2 is 1.71 bits per heavy atom. The van der Waals surface area contributed by atoms with Gasteiger partial charge in [-0.3, -0.25) is 0 Å². The van der Waals surface area contributed by atoms with Gasteiger partial charge >= 0.3 is 18.2 Å². The molecule has 0 saturated carbocycles. The van der Waals surface area contributed by atoms with Gasteiger partial charge < -0.3 is 24.8 Å². The first-order valence-corrected chi connectivity index (χ1v) is 12.1. The molecule has 0 aliphatic rings. The maximum Gasteiger partial charge on any atom is 0.389 e. The zero-order valence-electron chi connectivity index (χ0n) is 20.9. The lowest BCUT2D eigenvalue weighted by Gasteiger charge is -2.23. The first kappa shape index (κ1) is 30.8. The molecule has 2 N–H and O–H groups in total. The van der Waals surface area contributed by atoms with Crippen molar-refractivity contribution in [1.29, 1.82) is 0 Å². The number of carbonyl (C=O) groups is 2. The first-order valence-electron chi connectivity index (χ1n) is 12.1. The van der Waals surface area contributed by atoms with Crippen molar-refractivity contribution in [2.45, 2.75) is 51.3 Å². The smallest absolute Gasteiger partial charge is 0.389 e. The number of nitrogens with zero attached hydrogens (tertiary/aromatic N) is 1. The van der Waals surface area contributed by atoms with Crippen LogP contribution in [-0.2, 0) is 16.0 Å². The summed E-state index contributed by atoms with van der Waals surface area (Å²) in [7, 11) is 0. The van der Waals surface area contributed by atoms with E-state index in [9.17, 15) is 36.6 Å². The van der Waals surface area contributed by atoms with Gasteiger partial charge in [-0.1, -0.05) is 18.6 Å². The number of urea groups is 1. The van der Waals surface area contributed by atoms with Crippen LogP contribution in [0.2, 0.25) is 0 Å². The van der Waals surface area contributed by atoms with Gasteiger partial charge in [0.2, 0.25) is 0 Å². The molecular weight excluding hydrogens is 515 g/mol. The molecule has 0 radical (unpaired) electrons. The quantitative estimate of drug-likeness (QED) is 0.210. The van der Waals surface area contributed by atoms with Crippen molar-refractivity contribution in [3.8, 4) is 5.75 Å². The van der Waals surface area contributed by atoms with Crippen LogP contribution in [0.5, 0.6) is 5.75 Å². The lowest BCUT2D eigenvalue weighted by molar-refractivity contribution is -0.150. The minimum atomic E-state index is -4.25. The highest BCUT2D eigenvalue weighted by Crippen LogP contribution is 2.23. The largest absolute Gasteiger partial charge is 0.492 e. The van der Waals surface area contributed by atoms with Crippen molar-refractivity contribution < 1.29 is 46.1 Å². The summed E-state index contributed by atoms with van der Waals surface area (Å²) in [6.45, 7) is 2.22. The van der Waals surface area contributed by atoms with Crippen LogP contribution in [0.4, 0.5) is 32.4 Å². The average molecular weight is 547 g/mol. The number of alkyl halides is 3. The number of carboxylic acids is 1. The lowest BCUT2D eigenvalue weighted by Crippen LogP contribution is -2.38. The Kier molecular flexibility index (Phi) is 12.3. The SMILES string of the molecule is CCOC(Cc1ccc(OCCN(CCCCCC(F)(F)F)C(=O)Nc2ccc(F)c(F)c2)cc1)C(=O)O. The zero-order chi connectivity index (χ0) is 28.1. The summed E-state index contributed by atoms with van der Waals surface area (Å²) >= 11 is 0. The molecule has 0 heterocycles. The normalized spacial score (nSPS) is 12.2. The second-order valence-corrected chi connectivity index (χ2v) is 8.45. The van der Waals surface area contributed by atoms with E-state index in [1.165, 1.54) is 11.0 Å². The molecule has 2 aromatic rings. The van der Waals surface area contributed by atoms with Crippen LogP contribution < -0.4 is 10.1 Å². The van der Waals surface area contributed by atoms with Gasteiger partial charge in [-0.25, -0.2) is 18.4 Å². The number of rotatable bonds is 15. The van der Waals surface area contributed by atoms with E-state index in [4.69, 9.17) is 9.47 Å². The number of amides is 2. The van der Waals surface area contributed by atoms with Crippen LogP contribution >= 0.6 is 0 Å². The number of carbonyl (C=O) groups excluding carboxylic acids is 1. The maximum absolute atomic E-state index is 13.5. The highest BCUT2D eigenvalue weighted by atomic mass is 19.4. The van der Waals surface area contributed by atoms with Gasteiger partial charge in [0.25, 0.3) is 0 Å². The molecule has 0 bridgehead atoms. The molecule has 7 nitrogen and oxygen atoms in total. The van der Waals surface area contributed by atoms with Crippen molar-refractivity contribution in [2.24, 2.45) is 0 Å². The molecule has 1 atom stereocenters. The number of unbranched alkanes of at least 4 members (excludes halogenated alkanes) is 2. The summed E-state index contributed by atoms with van der Waals surface area (Å²) < 4.78 is 74.7. The van der Waals surface area contributed by atoms with E-state index in [2.05, 4.69) is 5.32 Å². The molecule has 0 aliphatic heterocycles. The highest BCUT2D eigenvalue weighted by Gasteiger charge is 2.26. The molecular formula is C26H31F5N2O5. The molecule has 0 spiro atoms. The van der Waals surface area contributed by atoms with E-state index in [-0.39, 0.29) is 51.3 Å². The molecule has 38 heavy (non-hydrogen) atoms. The van der Waals surface area contributed by atoms with Crippen molar-refractivity contribution in [2.75, 3.05) is 31.6 Å². The minimum absolute atomic E-state index is 0.0270. The standard InChI is InChI=1S/C26H31F5N2O5/c1-2-37-23(24(34)35)16-18-6-9-20(10-7-18)38-15-14-33(13-5-3-4-12-26(29,30)31)25(36)32-19-8-11-21(27)22(28)17-19/h6-11,17,23H,2-5,12-16H2,1H3,(H,32,36)(H,34,35). The molecule has 2 rings (SSSR count). The number of nitrogens with one attached hydrogen (secondary N) is 1. The summed E-state index contributed by atoms with van der Waals surface area (Å²) in [6, 6.07) is 8.92. The number of hydrogen-bond acceptors (Lipinski definition) is 4. The molecule has 1 unspecified atom stereocenters. The number of ether oxygens (including phenoxy) is 2. The van der Waals surface area contributed by atoms with Crippen LogP contribution in [0, 0.1) is 11.6 Å². The predicted molar refractivity (Wildman–Crippen MR) is 130 cm³/mol. The molecule has 0 aromatic heterocycles. The molecule has 2 amide bonds. The fraction of sp³-hybridized carbons (Fsp3) is 0.462. The van der Waals surface area contributed by atoms with Crippen molar-refractivity contribution in [3.05, 3.63) is 59.7 Å². The number of benzene rings is 2. The summed E-state index contributed by atoms with van der Waals surface area (Å²) in [5, 5.41) is 11.7. The maximum atomic E-state index is 13.5. The van der Waals surface area contributed by atoms with Crippen LogP contribution in [0.15, 0.2) is 42.5 Å². The fourth-order valence-corrected chi connectivity index (χ4v) is 3.52. The van der Waals surface area contributed by atoms with Crippen LogP contribution in [-0.4, -0.2) is 60.6 Å². The number of anilines is 1. The Balaban J connectivity index is 1.94. The molecule has 2 aromatic carbocycles.